The third-order valence-electron chi connectivity index (χ3n) is 6.56. The second-order valence-corrected chi connectivity index (χ2v) is 9.31. The first-order valence-corrected chi connectivity index (χ1v) is 11.3. The van der Waals surface area contributed by atoms with E-state index >= 15 is 0 Å². The molecule has 27 heavy (non-hydrogen) atoms. The number of hydrogen-bond acceptors (Lipinski definition) is 4. The molecule has 1 aliphatic carbocycles. The summed E-state index contributed by atoms with van der Waals surface area (Å²) in [7, 11) is 2.02. The summed E-state index contributed by atoms with van der Waals surface area (Å²) in [5.41, 5.74) is 1.12. The van der Waals surface area contributed by atoms with Crippen LogP contribution in [0.2, 0.25) is 0 Å². The molecule has 146 valence electrons. The highest BCUT2D eigenvalue weighted by atomic mass is 32.1. The molecule has 4 nitrogen and oxygen atoms in total. The second kappa shape index (κ2) is 8.27. The number of carbonyl (C=O) groups is 1. The van der Waals surface area contributed by atoms with Gasteiger partial charge in [0.05, 0.1) is 21.3 Å². The van der Waals surface area contributed by atoms with Crippen LogP contribution >= 0.6 is 11.3 Å². The summed E-state index contributed by atoms with van der Waals surface area (Å²) in [4.78, 5) is 22.3. The number of thiazole rings is 1. The molecular weight excluding hydrogens is 354 g/mol. The van der Waals surface area contributed by atoms with Crippen LogP contribution < -0.4 is 0 Å². The molecule has 5 heteroatoms. The molecule has 1 amide bonds. The van der Waals surface area contributed by atoms with Crippen LogP contribution in [0.3, 0.4) is 0 Å². The maximum Gasteiger partial charge on any atom is 0.239 e. The van der Waals surface area contributed by atoms with Crippen LogP contribution in [0.1, 0.15) is 62.8 Å². The van der Waals surface area contributed by atoms with Crippen LogP contribution in [0.4, 0.5) is 0 Å². The lowest BCUT2D eigenvalue weighted by molar-refractivity contribution is -0.138. The summed E-state index contributed by atoms with van der Waals surface area (Å²) >= 11 is 1.84. The van der Waals surface area contributed by atoms with Gasteiger partial charge >= 0.3 is 0 Å². The Morgan fingerprint density at radius 3 is 2.56 bits per heavy atom. The zero-order valence-electron chi connectivity index (χ0n) is 16.6. The molecule has 2 heterocycles. The number of nitrogens with zero attached hydrogens (tertiary/aromatic N) is 3. The highest BCUT2D eigenvalue weighted by Gasteiger charge is 2.32. The van der Waals surface area contributed by atoms with E-state index in [1.54, 1.807) is 0 Å². The smallest absolute Gasteiger partial charge is 0.239 e. The maximum absolute atomic E-state index is 13.0. The number of rotatable bonds is 4. The number of benzene rings is 1. The van der Waals surface area contributed by atoms with Crippen LogP contribution in [0.15, 0.2) is 24.3 Å². The van der Waals surface area contributed by atoms with Gasteiger partial charge < -0.3 is 4.90 Å². The Labute approximate surface area is 166 Å². The molecular formula is C22H31N3OS. The first-order chi connectivity index (χ1) is 13.1. The number of para-hydroxylation sites is 1. The number of likely N-dealkylation sites (tertiary alicyclic amines) is 1. The Kier molecular flexibility index (Phi) is 5.79. The molecule has 0 spiro atoms. The van der Waals surface area contributed by atoms with Gasteiger partial charge in [-0.2, -0.15) is 0 Å². The molecule has 2 aromatic rings. The number of fused-ring (bicyclic) bond motifs is 1. The van der Waals surface area contributed by atoms with Gasteiger partial charge in [0.2, 0.25) is 5.91 Å². The summed E-state index contributed by atoms with van der Waals surface area (Å²) in [6.07, 6.45) is 8.42. The monoisotopic (exact) mass is 385 g/mol. The third-order valence-corrected chi connectivity index (χ3v) is 7.76. The lowest BCUT2D eigenvalue weighted by atomic mass is 9.93. The molecule has 1 aromatic heterocycles. The lowest BCUT2D eigenvalue weighted by Gasteiger charge is -2.39. The average Bonchev–Trinajstić information content (AvgIpc) is 3.17. The van der Waals surface area contributed by atoms with Crippen molar-refractivity contribution in [1.29, 1.82) is 0 Å². The number of carbonyl (C=O) groups excluding carboxylic acids is 1. The molecule has 0 unspecified atom stereocenters. The predicted octanol–water partition coefficient (Wildman–Crippen LogP) is 4.66. The van der Waals surface area contributed by atoms with E-state index < -0.39 is 0 Å². The van der Waals surface area contributed by atoms with Gasteiger partial charge in [0.15, 0.2) is 0 Å². The molecule has 2 fully saturated rings. The van der Waals surface area contributed by atoms with Crippen LogP contribution in [-0.4, -0.2) is 52.9 Å². The molecule has 2 aliphatic rings. The summed E-state index contributed by atoms with van der Waals surface area (Å²) in [5.74, 6) is 0.845. The lowest BCUT2D eigenvalue weighted by Crippen LogP contribution is -2.51. The minimum atomic E-state index is -0.00626. The van der Waals surface area contributed by atoms with Gasteiger partial charge in [-0.1, -0.05) is 31.4 Å². The molecule has 1 aliphatic heterocycles. The standard InChI is InChI=1S/C22H31N3OS/c1-16(22(26)24(2)18-8-4-3-5-9-18)25-14-12-17(13-15-25)21-23-19-10-6-7-11-20(19)27-21/h6-7,10-11,16-18H,3-5,8-9,12-15H2,1-2H3/t16-/m1/s1. The van der Waals surface area contributed by atoms with Gasteiger partial charge in [0, 0.05) is 19.0 Å². The second-order valence-electron chi connectivity index (χ2n) is 8.25. The van der Waals surface area contributed by atoms with Crippen molar-refractivity contribution in [2.75, 3.05) is 20.1 Å². The predicted molar refractivity (Wildman–Crippen MR) is 112 cm³/mol. The van der Waals surface area contributed by atoms with Crippen molar-refractivity contribution in [2.24, 2.45) is 0 Å². The Bertz CT molecular complexity index is 742. The third kappa shape index (κ3) is 4.04. The molecule has 1 saturated heterocycles. The van der Waals surface area contributed by atoms with E-state index in [0.717, 1.165) is 31.4 Å². The topological polar surface area (TPSA) is 36.4 Å². The van der Waals surface area contributed by atoms with E-state index in [1.807, 2.05) is 23.3 Å². The van der Waals surface area contributed by atoms with Crippen molar-refractivity contribution in [1.82, 2.24) is 14.8 Å². The van der Waals surface area contributed by atoms with Crippen molar-refractivity contribution in [2.45, 2.75) is 69.9 Å². The zero-order chi connectivity index (χ0) is 18.8. The fourth-order valence-corrected chi connectivity index (χ4v) is 5.83. The number of hydrogen-bond donors (Lipinski definition) is 0. The van der Waals surface area contributed by atoms with Gasteiger partial charge in [0.25, 0.3) is 0 Å². The van der Waals surface area contributed by atoms with Crippen LogP contribution in [0.5, 0.6) is 0 Å². The fourth-order valence-electron chi connectivity index (χ4n) is 4.70. The van der Waals surface area contributed by atoms with Gasteiger partial charge in [0.1, 0.15) is 0 Å². The van der Waals surface area contributed by atoms with Crippen molar-refractivity contribution < 1.29 is 4.79 Å². The Morgan fingerprint density at radius 2 is 1.85 bits per heavy atom. The highest BCUT2D eigenvalue weighted by Crippen LogP contribution is 2.34. The number of piperidine rings is 1. The van der Waals surface area contributed by atoms with E-state index in [2.05, 4.69) is 36.1 Å². The molecule has 1 saturated carbocycles. The number of amides is 1. The number of likely N-dealkylation sites (N-methyl/N-ethyl adjacent to an activating group) is 1. The molecule has 0 bridgehead atoms. The maximum atomic E-state index is 13.0. The van der Waals surface area contributed by atoms with Crippen molar-refractivity contribution >= 4 is 27.5 Å². The minimum absolute atomic E-state index is 0.00626. The largest absolute Gasteiger partial charge is 0.341 e. The fraction of sp³-hybridized carbons (Fsp3) is 0.636. The van der Waals surface area contributed by atoms with E-state index in [0.29, 0.717) is 17.9 Å². The Hall–Kier alpha value is -1.46. The van der Waals surface area contributed by atoms with E-state index in [9.17, 15) is 4.79 Å². The minimum Gasteiger partial charge on any atom is -0.341 e. The van der Waals surface area contributed by atoms with Gasteiger partial charge in [-0.15, -0.1) is 11.3 Å². The van der Waals surface area contributed by atoms with E-state index in [1.165, 1.54) is 41.8 Å². The Morgan fingerprint density at radius 1 is 1.15 bits per heavy atom. The normalized spacial score (nSPS) is 21.4. The molecule has 0 radical (unpaired) electrons. The molecule has 4 rings (SSSR count). The Balaban J connectivity index is 1.34. The van der Waals surface area contributed by atoms with Crippen molar-refractivity contribution in [3.63, 3.8) is 0 Å². The average molecular weight is 386 g/mol. The summed E-state index contributed by atoms with van der Waals surface area (Å²) in [5, 5.41) is 1.27. The highest BCUT2D eigenvalue weighted by molar-refractivity contribution is 7.18. The summed E-state index contributed by atoms with van der Waals surface area (Å²) in [6, 6.07) is 8.86. The first kappa shape index (κ1) is 18.9. The van der Waals surface area contributed by atoms with Gasteiger partial charge in [-0.25, -0.2) is 4.98 Å². The molecule has 0 N–H and O–H groups in total. The first-order valence-electron chi connectivity index (χ1n) is 10.5. The van der Waals surface area contributed by atoms with E-state index in [4.69, 9.17) is 4.98 Å². The van der Waals surface area contributed by atoms with Crippen LogP contribution in [-0.2, 0) is 4.79 Å². The summed E-state index contributed by atoms with van der Waals surface area (Å²) in [6.45, 7) is 4.08. The number of aromatic nitrogens is 1. The zero-order valence-corrected chi connectivity index (χ0v) is 17.4. The van der Waals surface area contributed by atoms with Crippen molar-refractivity contribution in [3.8, 4) is 0 Å². The van der Waals surface area contributed by atoms with E-state index in [-0.39, 0.29) is 6.04 Å². The summed E-state index contributed by atoms with van der Waals surface area (Å²) < 4.78 is 1.28. The van der Waals surface area contributed by atoms with Crippen LogP contribution in [0.25, 0.3) is 10.2 Å². The SMILES string of the molecule is C[C@H](C(=O)N(C)C1CCCCC1)N1CCC(c2nc3ccccc3s2)CC1. The van der Waals surface area contributed by atoms with Crippen molar-refractivity contribution in [3.05, 3.63) is 29.3 Å². The van der Waals surface area contributed by atoms with Gasteiger partial charge in [-0.05, 0) is 57.8 Å². The van der Waals surface area contributed by atoms with Gasteiger partial charge in [-0.3, -0.25) is 9.69 Å². The van der Waals surface area contributed by atoms with Crippen LogP contribution in [0, 0.1) is 0 Å². The quantitative estimate of drug-likeness (QED) is 0.768. The molecule has 1 atom stereocenters. The molecule has 1 aromatic carbocycles.